The van der Waals surface area contributed by atoms with Gasteiger partial charge in [-0.2, -0.15) is 4.98 Å². The highest BCUT2D eigenvalue weighted by atomic mass is 32.5. The van der Waals surface area contributed by atoms with Crippen molar-refractivity contribution in [2.45, 2.75) is 314 Å². The van der Waals surface area contributed by atoms with E-state index in [1.165, 1.54) is 19.0 Å². The summed E-state index contributed by atoms with van der Waals surface area (Å²) in [6.45, 7) is 45.3. The zero-order valence-corrected chi connectivity index (χ0v) is 70.3. The molecule has 4 aliphatic heterocycles. The minimum atomic E-state index is -4.28. The predicted molar refractivity (Wildman–Crippen MR) is 419 cm³/mol. The fraction of sp³-hybridized carbons (Fsp3) is 0.722. The molecular weight excluding hydrogens is 1460 g/mol. The van der Waals surface area contributed by atoms with E-state index >= 15 is 0 Å². The molecule has 34 nitrogen and oxygen atoms in total. The first-order chi connectivity index (χ1) is 49.9. The second-order valence-electron chi connectivity index (χ2n) is 37.2. The molecule has 109 heavy (non-hydrogen) atoms. The van der Waals surface area contributed by atoms with Gasteiger partial charge in [0.2, 0.25) is 5.95 Å². The number of nitrogens with two attached hydrogens (primary N) is 4. The van der Waals surface area contributed by atoms with E-state index in [4.69, 9.17) is 81.3 Å². The quantitative estimate of drug-likeness (QED) is 0.0442. The van der Waals surface area contributed by atoms with Crippen molar-refractivity contribution in [3.05, 3.63) is 54.6 Å². The number of rotatable bonds is 16. The summed E-state index contributed by atoms with van der Waals surface area (Å²) in [5, 5.41) is 0. The van der Waals surface area contributed by atoms with Gasteiger partial charge in [-0.25, -0.2) is 54.4 Å². The molecule has 37 heteroatoms. The molecule has 8 aromatic rings. The van der Waals surface area contributed by atoms with Gasteiger partial charge in [0.05, 0.1) is 96.5 Å². The first-order valence-corrected chi connectivity index (χ1v) is 41.0. The fourth-order valence-corrected chi connectivity index (χ4v) is 17.1. The second-order valence-corrected chi connectivity index (χ2v) is 41.3. The van der Waals surface area contributed by atoms with E-state index in [0.29, 0.717) is 76.5 Å². The molecule has 12 heterocycles. The summed E-state index contributed by atoms with van der Waals surface area (Å²) < 4.78 is 80.1. The summed E-state index contributed by atoms with van der Waals surface area (Å²) in [6, 6.07) is 0. The first-order valence-electron chi connectivity index (χ1n) is 36.9. The molecule has 14 atom stereocenters. The number of H-pyrrole nitrogens is 1. The molecule has 0 radical (unpaired) electrons. The van der Waals surface area contributed by atoms with E-state index in [0.717, 1.165) is 25.7 Å². The third kappa shape index (κ3) is 24.3. The largest absolute Gasteiger partial charge is 0.473 e. The van der Waals surface area contributed by atoms with Crippen LogP contribution in [0.3, 0.4) is 0 Å². The zero-order chi connectivity index (χ0) is 80.9. The average molecular weight is 1580 g/mol. The second kappa shape index (κ2) is 32.6. The van der Waals surface area contributed by atoms with Gasteiger partial charge in [-0.05, 0) is 142 Å². The van der Waals surface area contributed by atoms with Crippen LogP contribution in [-0.4, -0.2) is 159 Å². The SMILES string of the molecule is CC(C)(C)C[C@H]1O[C@@H](n2cnc3c(=O)[nH]c(N)nc32)C[C@H]1OC(C)(C)C.CC(C)(C)C[C@H]1O[C@@H](n2cnc3c(N)ncnc32)C[C@H]1OC(C)(C)C.CC(C)(C)C[C@H]1O[C@@H](n2cnc3c(N)ncnc32)C[C@H]1OP(=O)(O)OC(C)(C)C.CC(C)(C)C[C@H]1O[C@@H](n2cnc3c(N)ncnc32)C[C@H]1OP(O)(=S)OC(C)(C)C. The molecule has 4 aliphatic rings. The molecule has 606 valence electrons. The number of aromatic nitrogens is 16. The number of nitrogen functional groups attached to an aromatic ring is 4. The monoisotopic (exact) mass is 1580 g/mol. The van der Waals surface area contributed by atoms with Gasteiger partial charge in [-0.3, -0.25) is 37.1 Å². The van der Waals surface area contributed by atoms with Gasteiger partial charge < -0.3 is 70.2 Å². The molecule has 0 amide bonds. The lowest BCUT2D eigenvalue weighted by molar-refractivity contribution is -0.102. The van der Waals surface area contributed by atoms with Crippen LogP contribution < -0.4 is 28.5 Å². The summed E-state index contributed by atoms with van der Waals surface area (Å²) in [4.78, 5) is 81.5. The number of phosphoric acid groups is 1. The number of phosphoric ester groups is 1. The highest BCUT2D eigenvalue weighted by molar-refractivity contribution is 8.07. The van der Waals surface area contributed by atoms with Gasteiger partial charge in [0, 0.05) is 25.7 Å². The Kier molecular flexibility index (Phi) is 25.9. The maximum atomic E-state index is 12.5. The van der Waals surface area contributed by atoms with E-state index < -0.39 is 50.3 Å². The molecule has 0 spiro atoms. The molecule has 4 fully saturated rings. The number of fused-ring (bicyclic) bond motifs is 4. The van der Waals surface area contributed by atoms with Crippen molar-refractivity contribution in [3.63, 3.8) is 0 Å². The Morgan fingerprint density at radius 1 is 0.431 bits per heavy atom. The number of anilines is 4. The lowest BCUT2D eigenvalue weighted by atomic mass is 9.87. The molecule has 0 bridgehead atoms. The Hall–Kier alpha value is -6.40. The number of imidazole rings is 4. The molecule has 11 N–H and O–H groups in total. The Morgan fingerprint density at radius 2 is 0.725 bits per heavy atom. The van der Waals surface area contributed by atoms with Crippen LogP contribution in [0.1, 0.15) is 242 Å². The fourth-order valence-electron chi connectivity index (χ4n) is 13.5. The minimum Gasteiger partial charge on any atom is -0.382 e. The van der Waals surface area contributed by atoms with Gasteiger partial charge in [0.25, 0.3) is 5.56 Å². The molecule has 8 aromatic heterocycles. The molecule has 0 saturated carbocycles. The summed E-state index contributed by atoms with van der Waals surface area (Å²) in [5.74, 6) is 1.05. The molecular formula is C72H118N20O14P2S. The average Bonchev–Trinajstić information content (AvgIpc) is 1.65. The van der Waals surface area contributed by atoms with E-state index in [1.54, 1.807) is 55.2 Å². The Labute approximate surface area is 643 Å². The predicted octanol–water partition coefficient (Wildman–Crippen LogP) is 12.9. The van der Waals surface area contributed by atoms with Gasteiger partial charge >= 0.3 is 14.5 Å². The summed E-state index contributed by atoms with van der Waals surface area (Å²) in [5.41, 5.74) is 25.4. The van der Waals surface area contributed by atoms with Crippen molar-refractivity contribution in [2.24, 2.45) is 21.7 Å². The molecule has 0 aromatic carbocycles. The third-order valence-corrected chi connectivity index (χ3v) is 20.3. The standard InChI is InChI=1S/C18H30N5O5P.C18H30N5O4PS.C18H29N5O3.C18H29N5O2/c1-17(2,3)8-12-11(27-29(24,25)28-18(4,5)6)7-13(26-12)23-10-22-14-15(19)20-9-21-16(14)23;1-17(2,3)8-12-11(26-28(24,29)27-18(4,5)6)7-13(25-12)23-10-22-14-15(19)20-9-21-16(14)23;1-17(2,3)8-11-10(26-18(4,5)6)7-12(25-11)23-9-20-13-14(23)21-16(19)22-15(13)24;1-17(2,3)8-12-11(25-18(4,5)6)7-13(24-12)23-10-22-14-15(19)20-9-21-16(14)23/h9-13H,7-8H2,1-6H3,(H,24,25)(H2,19,20,21);9-13H,7-8H2,1-6H3,(H,24,29)(H2,19,20,21);9-12H,7-8H2,1-6H3,(H3,19,21,22,24);9-13H,7-8H2,1-6H3,(H2,19,20,21)/t11-,12-,13-;11-,12-,13-,28?;10-,11-,12-;11-,12-,13-/m1111/s1. The third-order valence-electron chi connectivity index (χ3n) is 17.2. The van der Waals surface area contributed by atoms with E-state index in [2.05, 4.69) is 164 Å². The van der Waals surface area contributed by atoms with Crippen LogP contribution >= 0.6 is 14.5 Å². The van der Waals surface area contributed by atoms with E-state index in [9.17, 15) is 19.1 Å². The van der Waals surface area contributed by atoms with Crippen molar-refractivity contribution < 1.29 is 60.9 Å². The van der Waals surface area contributed by atoms with Gasteiger partial charge in [0.1, 0.15) is 60.4 Å². The van der Waals surface area contributed by atoms with E-state index in [-0.39, 0.29) is 105 Å². The van der Waals surface area contributed by atoms with Crippen molar-refractivity contribution in [1.82, 2.24) is 78.1 Å². The van der Waals surface area contributed by atoms with Crippen LogP contribution in [0.15, 0.2) is 49.1 Å². The number of ether oxygens (including phenoxy) is 6. The number of nitrogens with one attached hydrogen (secondary N) is 1. The van der Waals surface area contributed by atoms with Crippen LogP contribution in [0.4, 0.5) is 23.4 Å². The molecule has 2 unspecified atom stereocenters. The normalized spacial score (nSPS) is 25.1. The highest BCUT2D eigenvalue weighted by Crippen LogP contribution is 2.54. The van der Waals surface area contributed by atoms with E-state index in [1.807, 2.05) is 50.7 Å². The molecule has 12 rings (SSSR count). The maximum absolute atomic E-state index is 12.5. The molecule has 4 saturated heterocycles. The van der Waals surface area contributed by atoms with Gasteiger partial charge in [-0.1, -0.05) is 83.1 Å². The number of hydrogen-bond donors (Lipinski definition) is 7. The van der Waals surface area contributed by atoms with Crippen LogP contribution in [-0.2, 0) is 62.9 Å². The van der Waals surface area contributed by atoms with Crippen molar-refractivity contribution in [3.8, 4) is 0 Å². The lowest BCUT2D eigenvalue weighted by Crippen LogP contribution is -2.35. The zero-order valence-electron chi connectivity index (χ0n) is 67.7. The van der Waals surface area contributed by atoms with Crippen LogP contribution in [0.25, 0.3) is 44.7 Å². The highest BCUT2D eigenvalue weighted by Gasteiger charge is 2.48. The van der Waals surface area contributed by atoms with Crippen molar-refractivity contribution in [1.29, 1.82) is 0 Å². The summed E-state index contributed by atoms with van der Waals surface area (Å²) in [7, 11) is -4.28. The van der Waals surface area contributed by atoms with Crippen LogP contribution in [0, 0.1) is 21.7 Å². The van der Waals surface area contributed by atoms with Crippen LogP contribution in [0.5, 0.6) is 0 Å². The van der Waals surface area contributed by atoms with Crippen LogP contribution in [0.2, 0.25) is 0 Å². The summed E-state index contributed by atoms with van der Waals surface area (Å²) in [6.07, 6.45) is 13.1. The first kappa shape index (κ1) is 86.6. The smallest absolute Gasteiger partial charge is 0.382 e. The Balaban J connectivity index is 0.000000168. The minimum absolute atomic E-state index is 0.00628. The maximum Gasteiger partial charge on any atom is 0.473 e. The number of nitrogens with zero attached hydrogens (tertiary/aromatic N) is 15. The Morgan fingerprint density at radius 3 is 1.04 bits per heavy atom. The summed E-state index contributed by atoms with van der Waals surface area (Å²) >= 11 is 5.27. The number of hydrogen-bond acceptors (Lipinski definition) is 28. The van der Waals surface area contributed by atoms with Gasteiger partial charge in [-0.15, -0.1) is 0 Å². The number of aromatic amines is 1. The topological polar surface area (TPSA) is 448 Å². The van der Waals surface area contributed by atoms with Crippen molar-refractivity contribution >= 4 is 94.4 Å². The molecule has 0 aliphatic carbocycles. The lowest BCUT2D eigenvalue weighted by Gasteiger charge is -2.31. The van der Waals surface area contributed by atoms with Crippen molar-refractivity contribution in [2.75, 3.05) is 22.9 Å². The Bertz CT molecular complexity index is 4370. The van der Waals surface area contributed by atoms with Gasteiger partial charge in [0.15, 0.2) is 45.6 Å².